The van der Waals surface area contributed by atoms with Crippen molar-refractivity contribution in [2.75, 3.05) is 12.5 Å². The normalized spacial score (nSPS) is 39.3. The van der Waals surface area contributed by atoms with Gasteiger partial charge in [0.1, 0.15) is 17.5 Å². The summed E-state index contributed by atoms with van der Waals surface area (Å²) in [6.45, 7) is 2.98. The molecule has 0 bridgehead atoms. The molecule has 4 atom stereocenters. The number of nitrogens with zero attached hydrogens (tertiary/aromatic N) is 1. The summed E-state index contributed by atoms with van der Waals surface area (Å²) < 4.78 is 5.55. The van der Waals surface area contributed by atoms with Crippen molar-refractivity contribution in [2.24, 2.45) is 0 Å². The van der Waals surface area contributed by atoms with Crippen molar-refractivity contribution in [2.45, 2.75) is 23.5 Å². The highest BCUT2D eigenvalue weighted by Gasteiger charge is 2.64. The van der Waals surface area contributed by atoms with Crippen molar-refractivity contribution in [3.63, 3.8) is 0 Å². The Kier molecular flexibility index (Phi) is 4.02. The van der Waals surface area contributed by atoms with E-state index in [1.54, 1.807) is 0 Å². The number of aliphatic hydroxyl groups is 3. The number of carbonyl (C=O) groups is 1. The van der Waals surface area contributed by atoms with Crippen LogP contribution >= 0.6 is 11.6 Å². The maximum Gasteiger partial charge on any atom is 0.250 e. The van der Waals surface area contributed by atoms with Crippen molar-refractivity contribution in [1.29, 1.82) is 0 Å². The predicted octanol–water partition coefficient (Wildman–Crippen LogP) is -1.55. The number of hydrogen-bond donors (Lipinski definition) is 4. The SMILES string of the molecule is C#C[C@@]1(O)[C@H](O)[C@](CO)(CCl)O[C@H]1N1C=CC(=O)NC1=C. The topological polar surface area (TPSA) is 102 Å². The fourth-order valence-electron chi connectivity index (χ4n) is 2.31. The van der Waals surface area contributed by atoms with Gasteiger partial charge in [0.15, 0.2) is 11.8 Å². The summed E-state index contributed by atoms with van der Waals surface area (Å²) >= 11 is 5.75. The summed E-state index contributed by atoms with van der Waals surface area (Å²) in [5.41, 5.74) is -3.77. The third kappa shape index (κ3) is 2.21. The van der Waals surface area contributed by atoms with E-state index in [2.05, 4.69) is 17.8 Å². The van der Waals surface area contributed by atoms with Crippen LogP contribution in [0.5, 0.6) is 0 Å². The van der Waals surface area contributed by atoms with Crippen molar-refractivity contribution >= 4 is 17.5 Å². The first-order valence-electron chi connectivity index (χ1n) is 6.04. The monoisotopic (exact) mass is 314 g/mol. The van der Waals surface area contributed by atoms with Crippen LogP contribution in [0, 0.1) is 12.3 Å². The number of terminal acetylenes is 1. The predicted molar refractivity (Wildman–Crippen MR) is 73.5 cm³/mol. The van der Waals surface area contributed by atoms with Gasteiger partial charge in [-0.2, -0.15) is 0 Å². The smallest absolute Gasteiger partial charge is 0.250 e. The first-order valence-corrected chi connectivity index (χ1v) is 6.57. The Morgan fingerprint density at radius 2 is 2.33 bits per heavy atom. The van der Waals surface area contributed by atoms with Gasteiger partial charge in [0.05, 0.1) is 12.5 Å². The molecule has 2 aliphatic heterocycles. The highest BCUT2D eigenvalue weighted by Crippen LogP contribution is 2.41. The molecule has 21 heavy (non-hydrogen) atoms. The van der Waals surface area contributed by atoms with E-state index in [1.807, 2.05) is 0 Å². The van der Waals surface area contributed by atoms with Crippen LogP contribution in [0.15, 0.2) is 24.7 Å². The fourth-order valence-corrected chi connectivity index (χ4v) is 2.60. The van der Waals surface area contributed by atoms with Gasteiger partial charge in [0.25, 0.3) is 5.91 Å². The maximum absolute atomic E-state index is 11.2. The molecule has 8 heteroatoms. The molecule has 0 aromatic heterocycles. The summed E-state index contributed by atoms with van der Waals surface area (Å²) in [4.78, 5) is 12.5. The molecular weight excluding hydrogens is 300 g/mol. The maximum atomic E-state index is 11.2. The summed E-state index contributed by atoms with van der Waals surface area (Å²) in [5.74, 6) is 1.49. The average Bonchev–Trinajstić information content (AvgIpc) is 2.70. The minimum atomic E-state index is -2.15. The largest absolute Gasteiger partial charge is 0.393 e. The molecule has 114 valence electrons. The van der Waals surface area contributed by atoms with Crippen LogP contribution < -0.4 is 5.32 Å². The molecule has 1 amide bonds. The Hall–Kier alpha value is -1.56. The number of carbonyl (C=O) groups excluding carboxylic acids is 1. The lowest BCUT2D eigenvalue weighted by atomic mass is 9.87. The Balaban J connectivity index is 2.44. The van der Waals surface area contributed by atoms with E-state index in [4.69, 9.17) is 22.8 Å². The Morgan fingerprint density at radius 1 is 1.67 bits per heavy atom. The van der Waals surface area contributed by atoms with Crippen LogP contribution in [0.2, 0.25) is 0 Å². The molecule has 0 saturated carbocycles. The van der Waals surface area contributed by atoms with Gasteiger partial charge >= 0.3 is 0 Å². The van der Waals surface area contributed by atoms with Crippen molar-refractivity contribution in [1.82, 2.24) is 10.2 Å². The van der Waals surface area contributed by atoms with Gasteiger partial charge in [-0.25, -0.2) is 0 Å². The average molecular weight is 315 g/mol. The lowest BCUT2D eigenvalue weighted by molar-refractivity contribution is -0.131. The zero-order chi connectivity index (χ0) is 15.8. The lowest BCUT2D eigenvalue weighted by Gasteiger charge is -2.36. The quantitative estimate of drug-likeness (QED) is 0.372. The highest BCUT2D eigenvalue weighted by molar-refractivity contribution is 6.18. The second kappa shape index (κ2) is 5.33. The summed E-state index contributed by atoms with van der Waals surface area (Å²) in [6.07, 6.45) is 4.92. The molecule has 0 unspecified atom stereocenters. The Labute approximate surface area is 126 Å². The van der Waals surface area contributed by atoms with Crippen molar-refractivity contribution in [3.05, 3.63) is 24.7 Å². The zero-order valence-electron chi connectivity index (χ0n) is 11.0. The molecule has 0 aromatic carbocycles. The van der Waals surface area contributed by atoms with E-state index in [0.717, 1.165) is 0 Å². The van der Waals surface area contributed by atoms with Gasteiger partial charge < -0.3 is 30.3 Å². The minimum Gasteiger partial charge on any atom is -0.393 e. The fraction of sp³-hybridized carbons (Fsp3) is 0.462. The number of amides is 1. The number of halogens is 1. The number of rotatable bonds is 3. The van der Waals surface area contributed by atoms with Crippen LogP contribution in [0.3, 0.4) is 0 Å². The third-order valence-electron chi connectivity index (χ3n) is 3.58. The van der Waals surface area contributed by atoms with Gasteiger partial charge in [0, 0.05) is 12.3 Å². The molecule has 7 nitrogen and oxygen atoms in total. The van der Waals surface area contributed by atoms with Crippen LogP contribution in [-0.2, 0) is 9.53 Å². The molecule has 1 fully saturated rings. The van der Waals surface area contributed by atoms with Gasteiger partial charge in [-0.05, 0) is 0 Å². The number of aliphatic hydroxyl groups excluding tert-OH is 2. The van der Waals surface area contributed by atoms with E-state index in [0.29, 0.717) is 0 Å². The molecule has 0 aliphatic carbocycles. The van der Waals surface area contributed by atoms with Crippen LogP contribution in [-0.4, -0.2) is 62.1 Å². The molecule has 0 aromatic rings. The molecule has 2 rings (SSSR count). The highest BCUT2D eigenvalue weighted by atomic mass is 35.5. The number of alkyl halides is 1. The minimum absolute atomic E-state index is 0.108. The summed E-state index contributed by atoms with van der Waals surface area (Å²) in [6, 6.07) is 0. The Bertz CT molecular complexity index is 539. The molecule has 1 saturated heterocycles. The standard InChI is InChI=1S/C13H15ClN2O5/c1-3-13(20)10(19)12(6-14,7-17)21-11(13)16-5-4-9(18)15-8(16)2/h1,4-5,10-11,17,19-20H,2,6-7H2,(H,15,18)/t10-,11-,12-,13-/m1/s1. The second-order valence-electron chi connectivity index (χ2n) is 4.86. The Morgan fingerprint density at radius 3 is 2.81 bits per heavy atom. The van der Waals surface area contributed by atoms with Crippen LogP contribution in [0.4, 0.5) is 0 Å². The zero-order valence-corrected chi connectivity index (χ0v) is 11.7. The molecule has 0 spiro atoms. The third-order valence-corrected chi connectivity index (χ3v) is 4.03. The summed E-state index contributed by atoms with van der Waals surface area (Å²) in [5, 5.41) is 32.7. The van der Waals surface area contributed by atoms with E-state index < -0.39 is 36.0 Å². The summed E-state index contributed by atoms with van der Waals surface area (Å²) in [7, 11) is 0. The van der Waals surface area contributed by atoms with E-state index in [-0.39, 0.29) is 11.7 Å². The van der Waals surface area contributed by atoms with Gasteiger partial charge in [-0.15, -0.1) is 18.0 Å². The van der Waals surface area contributed by atoms with Gasteiger partial charge in [-0.1, -0.05) is 12.5 Å². The van der Waals surface area contributed by atoms with Gasteiger partial charge in [0.2, 0.25) is 0 Å². The second-order valence-corrected chi connectivity index (χ2v) is 5.13. The van der Waals surface area contributed by atoms with Gasteiger partial charge in [-0.3, -0.25) is 4.79 Å². The van der Waals surface area contributed by atoms with Crippen molar-refractivity contribution < 1.29 is 24.9 Å². The molecule has 4 N–H and O–H groups in total. The number of hydrogen-bond acceptors (Lipinski definition) is 6. The van der Waals surface area contributed by atoms with Crippen LogP contribution in [0.25, 0.3) is 0 Å². The molecule has 2 aliphatic rings. The first kappa shape index (κ1) is 15.8. The van der Waals surface area contributed by atoms with E-state index in [9.17, 15) is 20.1 Å². The van der Waals surface area contributed by atoms with Crippen LogP contribution in [0.1, 0.15) is 0 Å². The van der Waals surface area contributed by atoms with E-state index in [1.165, 1.54) is 17.2 Å². The molecular formula is C13H15ClN2O5. The first-order chi connectivity index (χ1) is 9.84. The molecule has 2 heterocycles. The lowest BCUT2D eigenvalue weighted by Crippen LogP contribution is -2.56. The van der Waals surface area contributed by atoms with E-state index >= 15 is 0 Å². The number of nitrogens with one attached hydrogen (secondary N) is 1. The van der Waals surface area contributed by atoms with Crippen molar-refractivity contribution in [3.8, 4) is 12.3 Å². The molecule has 0 radical (unpaired) electrons. The number of ether oxygens (including phenoxy) is 1.